The van der Waals surface area contributed by atoms with Gasteiger partial charge in [0, 0.05) is 12.1 Å². The number of aliphatic carboxylic acids is 1. The Bertz CT molecular complexity index is 1210. The smallest absolute Gasteiger partial charge is 0.304 e. The van der Waals surface area contributed by atoms with Crippen molar-refractivity contribution in [3.63, 3.8) is 0 Å². The molecule has 0 saturated heterocycles. The van der Waals surface area contributed by atoms with Gasteiger partial charge in [-0.3, -0.25) is 9.59 Å². The largest absolute Gasteiger partial charge is 0.493 e. The number of ether oxygens (including phenoxy) is 2. The lowest BCUT2D eigenvalue weighted by molar-refractivity contribution is -0.145. The van der Waals surface area contributed by atoms with Crippen LogP contribution >= 0.6 is 11.3 Å². The van der Waals surface area contributed by atoms with Gasteiger partial charge in [0.15, 0.2) is 23.1 Å². The molecule has 10 heteroatoms. The molecule has 2 aromatic carbocycles. The van der Waals surface area contributed by atoms with Crippen LogP contribution in [0.5, 0.6) is 11.5 Å². The average molecular weight is 477 g/mol. The van der Waals surface area contributed by atoms with Gasteiger partial charge in [-0.25, -0.2) is 13.8 Å². The van der Waals surface area contributed by atoms with Crippen molar-refractivity contribution in [3.8, 4) is 11.5 Å². The Hall–Kier alpha value is -3.27. The normalized spacial score (nSPS) is 14.2. The third kappa shape index (κ3) is 4.47. The molecule has 0 atom stereocenters. The number of fused-ring (bicyclic) bond motifs is 2. The molecule has 33 heavy (non-hydrogen) atoms. The number of hydrogen-bond donors (Lipinski definition) is 2. The molecule has 4 rings (SSSR count). The minimum atomic E-state index is -1.32. The molecule has 1 heterocycles. The molecule has 0 fully saturated rings. The highest BCUT2D eigenvalue weighted by Crippen LogP contribution is 2.41. The van der Waals surface area contributed by atoms with Crippen LogP contribution in [0, 0.1) is 17.0 Å². The Morgan fingerprint density at radius 2 is 1.82 bits per heavy atom. The van der Waals surface area contributed by atoms with Crippen molar-refractivity contribution in [1.82, 2.24) is 10.3 Å². The van der Waals surface area contributed by atoms with Crippen LogP contribution in [0.3, 0.4) is 0 Å². The molecule has 0 unspecified atom stereocenters. The van der Waals surface area contributed by atoms with Gasteiger partial charge in [-0.05, 0) is 43.0 Å². The molecule has 1 aliphatic rings. The molecule has 0 radical (unpaired) electrons. The van der Waals surface area contributed by atoms with Crippen molar-refractivity contribution in [1.29, 1.82) is 0 Å². The quantitative estimate of drug-likeness (QED) is 0.513. The Balaban J connectivity index is 1.55. The van der Waals surface area contributed by atoms with Crippen LogP contribution in [0.2, 0.25) is 0 Å². The van der Waals surface area contributed by atoms with E-state index in [9.17, 15) is 23.5 Å². The molecule has 1 amide bonds. The highest BCUT2D eigenvalue weighted by molar-refractivity contribution is 7.18. The van der Waals surface area contributed by atoms with Gasteiger partial charge in [0.2, 0.25) is 5.91 Å². The number of nitrogens with one attached hydrogen (secondary N) is 1. The van der Waals surface area contributed by atoms with Gasteiger partial charge in [-0.1, -0.05) is 0 Å². The number of methoxy groups -OCH3 is 1. The van der Waals surface area contributed by atoms with E-state index in [1.807, 2.05) is 13.0 Å². The van der Waals surface area contributed by atoms with Gasteiger partial charge in [0.05, 0.1) is 42.3 Å². The van der Waals surface area contributed by atoms with Crippen molar-refractivity contribution in [2.24, 2.45) is 5.41 Å². The molecular weight excluding hydrogens is 454 g/mol. The van der Waals surface area contributed by atoms with E-state index < -0.39 is 35.3 Å². The number of carbonyl (C=O) groups is 2. The third-order valence-electron chi connectivity index (χ3n) is 5.69. The number of amides is 1. The minimum Gasteiger partial charge on any atom is -0.493 e. The van der Waals surface area contributed by atoms with Crippen LogP contribution in [-0.4, -0.2) is 35.7 Å². The van der Waals surface area contributed by atoms with Gasteiger partial charge in [0.1, 0.15) is 5.01 Å². The molecule has 0 spiro atoms. The Morgan fingerprint density at radius 3 is 2.39 bits per heavy atom. The Morgan fingerprint density at radius 1 is 1.15 bits per heavy atom. The van der Waals surface area contributed by atoms with E-state index >= 15 is 0 Å². The minimum absolute atomic E-state index is 0.0203. The number of carboxylic acids is 1. The summed E-state index contributed by atoms with van der Waals surface area (Å²) in [7, 11) is 1.55. The molecule has 3 aromatic rings. The van der Waals surface area contributed by atoms with Gasteiger partial charge in [-0.15, -0.1) is 11.3 Å². The zero-order chi connectivity index (χ0) is 23.8. The predicted molar refractivity (Wildman–Crippen MR) is 118 cm³/mol. The van der Waals surface area contributed by atoms with Gasteiger partial charge in [0.25, 0.3) is 0 Å². The first-order valence-corrected chi connectivity index (χ1v) is 11.1. The molecule has 2 N–H and O–H groups in total. The van der Waals surface area contributed by atoms with E-state index in [0.29, 0.717) is 39.8 Å². The van der Waals surface area contributed by atoms with Crippen molar-refractivity contribution in [2.75, 3.05) is 13.7 Å². The van der Waals surface area contributed by atoms with Crippen LogP contribution in [0.15, 0.2) is 24.3 Å². The van der Waals surface area contributed by atoms with Crippen LogP contribution in [0.1, 0.15) is 29.5 Å². The average Bonchev–Trinajstić information content (AvgIpc) is 3.32. The lowest BCUT2D eigenvalue weighted by Gasteiger charge is -2.25. The number of halogens is 2. The zero-order valence-corrected chi connectivity index (χ0v) is 18.9. The predicted octanol–water partition coefficient (Wildman–Crippen LogP) is 3.86. The summed E-state index contributed by atoms with van der Waals surface area (Å²) >= 11 is 1.37. The summed E-state index contributed by atoms with van der Waals surface area (Å²) in [6.07, 6.45) is -0.412. The fourth-order valence-electron chi connectivity index (χ4n) is 4.24. The van der Waals surface area contributed by atoms with Crippen LogP contribution in [0.25, 0.3) is 10.2 Å². The van der Waals surface area contributed by atoms with E-state index in [4.69, 9.17) is 9.47 Å². The number of aromatic nitrogens is 1. The second-order valence-electron chi connectivity index (χ2n) is 7.93. The summed E-state index contributed by atoms with van der Waals surface area (Å²) in [5.74, 6) is -2.54. The second kappa shape index (κ2) is 8.93. The summed E-state index contributed by atoms with van der Waals surface area (Å²) in [5.41, 5.74) is 0.255. The molecule has 0 saturated carbocycles. The van der Waals surface area contributed by atoms with Gasteiger partial charge < -0.3 is 19.9 Å². The molecule has 7 nitrogen and oxygen atoms in total. The number of hydrogen-bond acceptors (Lipinski definition) is 6. The van der Waals surface area contributed by atoms with Gasteiger partial charge >= 0.3 is 5.97 Å². The fraction of sp³-hybridized carbons (Fsp3) is 0.348. The Labute approximate surface area is 192 Å². The topological polar surface area (TPSA) is 97.8 Å². The van der Waals surface area contributed by atoms with Crippen LogP contribution in [-0.2, 0) is 29.0 Å². The molecule has 174 valence electrons. The molecule has 1 aromatic heterocycles. The van der Waals surface area contributed by atoms with Gasteiger partial charge in [-0.2, -0.15) is 0 Å². The summed E-state index contributed by atoms with van der Waals surface area (Å²) in [4.78, 5) is 29.2. The van der Waals surface area contributed by atoms with Crippen LogP contribution < -0.4 is 14.8 Å². The zero-order valence-electron chi connectivity index (χ0n) is 18.0. The summed E-state index contributed by atoms with van der Waals surface area (Å²) in [5, 5.41) is 12.8. The molecule has 1 aliphatic carbocycles. The molecular formula is C23H22F2N2O5S. The number of nitrogens with zero attached hydrogens (tertiary/aromatic N) is 1. The number of carbonyl (C=O) groups excluding carboxylic acids is 1. The summed E-state index contributed by atoms with van der Waals surface area (Å²) in [6, 6.07) is 5.66. The summed E-state index contributed by atoms with van der Waals surface area (Å²) in [6.45, 7) is 2.42. The number of benzene rings is 2. The van der Waals surface area contributed by atoms with Crippen molar-refractivity contribution >= 4 is 33.4 Å². The summed E-state index contributed by atoms with van der Waals surface area (Å²) < 4.78 is 39.1. The van der Waals surface area contributed by atoms with Crippen molar-refractivity contribution in [2.45, 2.75) is 32.7 Å². The molecule has 0 aliphatic heterocycles. The lowest BCUT2D eigenvalue weighted by atomic mass is 9.80. The first kappa shape index (κ1) is 22.9. The lowest BCUT2D eigenvalue weighted by Crippen LogP contribution is -2.43. The van der Waals surface area contributed by atoms with E-state index in [0.717, 1.165) is 16.8 Å². The third-order valence-corrected chi connectivity index (χ3v) is 6.71. The van der Waals surface area contributed by atoms with Crippen molar-refractivity contribution < 1.29 is 33.0 Å². The van der Waals surface area contributed by atoms with Crippen LogP contribution in [0.4, 0.5) is 8.78 Å². The second-order valence-corrected chi connectivity index (χ2v) is 9.05. The fourth-order valence-corrected chi connectivity index (χ4v) is 5.15. The maximum Gasteiger partial charge on any atom is 0.304 e. The van der Waals surface area contributed by atoms with E-state index in [1.54, 1.807) is 13.2 Å². The monoisotopic (exact) mass is 476 g/mol. The van der Waals surface area contributed by atoms with E-state index in [-0.39, 0.29) is 19.4 Å². The molecule has 0 bridgehead atoms. The first-order valence-electron chi connectivity index (χ1n) is 10.3. The Kier molecular flexibility index (Phi) is 6.20. The highest BCUT2D eigenvalue weighted by atomic mass is 32.1. The maximum atomic E-state index is 13.7. The number of rotatable bonds is 8. The van der Waals surface area contributed by atoms with E-state index in [1.165, 1.54) is 11.3 Å². The standard InChI is InChI=1S/C23H22F2N2O5S/c1-3-32-18-6-16-19(7-17(18)31-2)33-20(27-16)11-26-22(30)23(10-21(28)29)8-12-4-14(24)15(25)5-13(12)9-23/h4-7H,3,8-11H2,1-2H3,(H,26,30)(H,28,29). The number of carboxylic acid groups (broad SMARTS) is 1. The first-order chi connectivity index (χ1) is 15.7. The maximum absolute atomic E-state index is 13.7. The van der Waals surface area contributed by atoms with Crippen molar-refractivity contribution in [3.05, 3.63) is 52.0 Å². The number of thiazole rings is 1. The highest BCUT2D eigenvalue weighted by Gasteiger charge is 2.46. The van der Waals surface area contributed by atoms with E-state index in [2.05, 4.69) is 10.3 Å². The SMILES string of the molecule is CCOc1cc2nc(CNC(=O)C3(CC(=O)O)Cc4cc(F)c(F)cc4C3)sc2cc1OC.